The van der Waals surface area contributed by atoms with E-state index in [1.807, 2.05) is 0 Å². The largest absolute Gasteiger partial charge is 0.497 e. The van der Waals surface area contributed by atoms with Crippen LogP contribution in [-0.4, -0.2) is 37.9 Å². The highest BCUT2D eigenvalue weighted by Crippen LogP contribution is 2.27. The number of Topliss-reactive ketones (excluding diaryl/α,β-unsaturated/α-hetero) is 2. The SMILES string of the molecule is CCOC(=O)C(=O)C(C)C(=O)c1cc(OC)ccc1OCCCC(C)C. The Labute approximate surface area is 154 Å². The molecule has 1 rings (SSSR count). The molecule has 1 unspecified atom stereocenters. The van der Waals surface area contributed by atoms with Crippen LogP contribution in [0.2, 0.25) is 0 Å². The summed E-state index contributed by atoms with van der Waals surface area (Å²) in [7, 11) is 1.49. The molecule has 0 aliphatic carbocycles. The topological polar surface area (TPSA) is 78.9 Å². The smallest absolute Gasteiger partial charge is 0.375 e. The summed E-state index contributed by atoms with van der Waals surface area (Å²) in [5.74, 6) is -2.11. The van der Waals surface area contributed by atoms with Crippen LogP contribution >= 0.6 is 0 Å². The number of hydrogen-bond donors (Lipinski definition) is 0. The lowest BCUT2D eigenvalue weighted by Gasteiger charge is -2.15. The molecule has 0 bridgehead atoms. The molecule has 26 heavy (non-hydrogen) atoms. The average molecular weight is 364 g/mol. The van der Waals surface area contributed by atoms with E-state index in [9.17, 15) is 14.4 Å². The van der Waals surface area contributed by atoms with E-state index in [2.05, 4.69) is 13.8 Å². The van der Waals surface area contributed by atoms with Gasteiger partial charge in [-0.15, -0.1) is 0 Å². The molecule has 0 saturated carbocycles. The lowest BCUT2D eigenvalue weighted by atomic mass is 9.94. The summed E-state index contributed by atoms with van der Waals surface area (Å²) in [6.07, 6.45) is 1.87. The first-order chi connectivity index (χ1) is 12.3. The van der Waals surface area contributed by atoms with Gasteiger partial charge in [0.15, 0.2) is 5.78 Å². The van der Waals surface area contributed by atoms with Crippen molar-refractivity contribution in [3.05, 3.63) is 23.8 Å². The van der Waals surface area contributed by atoms with Gasteiger partial charge in [-0.25, -0.2) is 4.79 Å². The van der Waals surface area contributed by atoms with Gasteiger partial charge in [-0.1, -0.05) is 13.8 Å². The van der Waals surface area contributed by atoms with Crippen molar-refractivity contribution in [2.45, 2.75) is 40.5 Å². The van der Waals surface area contributed by atoms with Crippen LogP contribution in [0.1, 0.15) is 50.9 Å². The highest BCUT2D eigenvalue weighted by molar-refractivity contribution is 6.39. The molecule has 0 N–H and O–H groups in total. The lowest BCUT2D eigenvalue weighted by Crippen LogP contribution is -2.30. The van der Waals surface area contributed by atoms with Gasteiger partial charge in [-0.05, 0) is 50.8 Å². The summed E-state index contributed by atoms with van der Waals surface area (Å²) in [4.78, 5) is 36.5. The normalized spacial score (nSPS) is 11.8. The Morgan fingerprint density at radius 2 is 1.81 bits per heavy atom. The van der Waals surface area contributed by atoms with Crippen molar-refractivity contribution in [1.29, 1.82) is 0 Å². The third-order valence-electron chi connectivity index (χ3n) is 3.90. The number of rotatable bonds is 11. The first kappa shape index (κ1) is 21.7. The zero-order valence-corrected chi connectivity index (χ0v) is 16.2. The Morgan fingerprint density at radius 3 is 2.38 bits per heavy atom. The first-order valence-corrected chi connectivity index (χ1v) is 8.87. The number of carbonyl (C=O) groups is 3. The second-order valence-electron chi connectivity index (χ2n) is 6.42. The van der Waals surface area contributed by atoms with Crippen molar-refractivity contribution >= 4 is 17.5 Å². The van der Waals surface area contributed by atoms with Gasteiger partial charge in [0.2, 0.25) is 0 Å². The van der Waals surface area contributed by atoms with Gasteiger partial charge in [0.05, 0.1) is 31.8 Å². The number of ketones is 2. The predicted octanol–water partition coefficient (Wildman–Crippen LogP) is 3.46. The van der Waals surface area contributed by atoms with E-state index in [4.69, 9.17) is 14.2 Å². The van der Waals surface area contributed by atoms with Crippen LogP contribution in [0.3, 0.4) is 0 Å². The van der Waals surface area contributed by atoms with Crippen LogP contribution in [0.25, 0.3) is 0 Å². The molecular weight excluding hydrogens is 336 g/mol. The van der Waals surface area contributed by atoms with Crippen molar-refractivity contribution in [2.24, 2.45) is 11.8 Å². The molecule has 144 valence electrons. The van der Waals surface area contributed by atoms with Crippen molar-refractivity contribution in [1.82, 2.24) is 0 Å². The van der Waals surface area contributed by atoms with E-state index >= 15 is 0 Å². The summed E-state index contributed by atoms with van der Waals surface area (Å²) in [5, 5.41) is 0. The molecule has 0 amide bonds. The van der Waals surface area contributed by atoms with Crippen LogP contribution in [0.4, 0.5) is 0 Å². The van der Waals surface area contributed by atoms with Crippen molar-refractivity contribution in [2.75, 3.05) is 20.3 Å². The van der Waals surface area contributed by atoms with Gasteiger partial charge in [0.25, 0.3) is 5.78 Å². The fourth-order valence-electron chi connectivity index (χ4n) is 2.36. The molecule has 0 spiro atoms. The Balaban J connectivity index is 2.97. The molecule has 0 aliphatic rings. The fraction of sp³-hybridized carbons (Fsp3) is 0.550. The van der Waals surface area contributed by atoms with Crippen LogP contribution in [0.5, 0.6) is 11.5 Å². The quantitative estimate of drug-likeness (QED) is 0.197. The third-order valence-corrected chi connectivity index (χ3v) is 3.90. The molecule has 6 nitrogen and oxygen atoms in total. The highest BCUT2D eigenvalue weighted by Gasteiger charge is 2.31. The molecule has 0 saturated heterocycles. The molecule has 0 fully saturated rings. The molecule has 0 heterocycles. The predicted molar refractivity (Wildman–Crippen MR) is 97.7 cm³/mol. The lowest BCUT2D eigenvalue weighted by molar-refractivity contribution is -0.154. The summed E-state index contributed by atoms with van der Waals surface area (Å²) >= 11 is 0. The second-order valence-corrected chi connectivity index (χ2v) is 6.42. The monoisotopic (exact) mass is 364 g/mol. The maximum Gasteiger partial charge on any atom is 0.375 e. The Hall–Kier alpha value is -2.37. The number of methoxy groups -OCH3 is 1. The van der Waals surface area contributed by atoms with Crippen molar-refractivity contribution < 1.29 is 28.6 Å². The Morgan fingerprint density at radius 1 is 1.12 bits per heavy atom. The van der Waals surface area contributed by atoms with Crippen molar-refractivity contribution in [3.8, 4) is 11.5 Å². The summed E-state index contributed by atoms with van der Waals surface area (Å²) in [5.41, 5.74) is 0.221. The van der Waals surface area contributed by atoms with E-state index in [0.29, 0.717) is 24.0 Å². The molecule has 1 atom stereocenters. The van der Waals surface area contributed by atoms with E-state index in [1.165, 1.54) is 20.1 Å². The van der Waals surface area contributed by atoms with Gasteiger partial charge in [-0.2, -0.15) is 0 Å². The Kier molecular flexibility index (Phi) is 8.82. The van der Waals surface area contributed by atoms with Crippen LogP contribution < -0.4 is 9.47 Å². The summed E-state index contributed by atoms with van der Waals surface area (Å²) < 4.78 is 15.6. The second kappa shape index (κ2) is 10.6. The molecule has 6 heteroatoms. The molecule has 0 aliphatic heterocycles. The maximum atomic E-state index is 12.8. The van der Waals surface area contributed by atoms with E-state index in [0.717, 1.165) is 12.8 Å². The van der Waals surface area contributed by atoms with Crippen LogP contribution in [0, 0.1) is 11.8 Å². The van der Waals surface area contributed by atoms with Gasteiger partial charge >= 0.3 is 5.97 Å². The minimum absolute atomic E-state index is 0.0782. The Bertz CT molecular complexity index is 635. The fourth-order valence-corrected chi connectivity index (χ4v) is 2.36. The minimum atomic E-state index is -1.15. The zero-order valence-electron chi connectivity index (χ0n) is 16.2. The molecule has 1 aromatic carbocycles. The number of benzene rings is 1. The number of hydrogen-bond acceptors (Lipinski definition) is 6. The average Bonchev–Trinajstić information content (AvgIpc) is 2.63. The summed E-state index contributed by atoms with van der Waals surface area (Å²) in [6, 6.07) is 4.85. The van der Waals surface area contributed by atoms with Crippen LogP contribution in [0.15, 0.2) is 18.2 Å². The third kappa shape index (κ3) is 6.17. The molecule has 0 radical (unpaired) electrons. The van der Waals surface area contributed by atoms with E-state index < -0.39 is 23.5 Å². The molecular formula is C20H28O6. The van der Waals surface area contributed by atoms with E-state index in [-0.39, 0.29) is 12.2 Å². The number of esters is 1. The summed E-state index contributed by atoms with van der Waals surface area (Å²) in [6.45, 7) is 7.79. The zero-order chi connectivity index (χ0) is 19.7. The first-order valence-electron chi connectivity index (χ1n) is 8.87. The molecule has 1 aromatic rings. The minimum Gasteiger partial charge on any atom is -0.497 e. The molecule has 0 aromatic heterocycles. The standard InChI is InChI=1S/C20H28O6/c1-6-25-20(23)19(22)14(4)18(21)16-12-15(24-5)9-10-17(16)26-11-7-8-13(2)3/h9-10,12-14H,6-8,11H2,1-5H3. The van der Waals surface area contributed by atoms with Gasteiger partial charge in [0, 0.05) is 0 Å². The van der Waals surface area contributed by atoms with Crippen LogP contribution in [-0.2, 0) is 14.3 Å². The maximum absolute atomic E-state index is 12.8. The van der Waals surface area contributed by atoms with Gasteiger partial charge < -0.3 is 14.2 Å². The number of carbonyl (C=O) groups excluding carboxylic acids is 3. The number of ether oxygens (including phenoxy) is 3. The van der Waals surface area contributed by atoms with E-state index in [1.54, 1.807) is 19.1 Å². The van der Waals surface area contributed by atoms with Crippen molar-refractivity contribution in [3.63, 3.8) is 0 Å². The highest BCUT2D eigenvalue weighted by atomic mass is 16.5. The van der Waals surface area contributed by atoms with Gasteiger partial charge in [-0.3, -0.25) is 9.59 Å². The van der Waals surface area contributed by atoms with Gasteiger partial charge in [0.1, 0.15) is 11.5 Å².